The Balaban J connectivity index is 2.35. The van der Waals surface area contributed by atoms with E-state index in [1.165, 1.54) is 0 Å². The van der Waals surface area contributed by atoms with Crippen molar-refractivity contribution in [1.82, 2.24) is 0 Å². The molecule has 1 unspecified atom stereocenters. The Morgan fingerprint density at radius 3 is 2.94 bits per heavy atom. The molecule has 0 aliphatic carbocycles. The van der Waals surface area contributed by atoms with Gasteiger partial charge in [-0.25, -0.2) is 0 Å². The van der Waals surface area contributed by atoms with E-state index >= 15 is 0 Å². The predicted octanol–water partition coefficient (Wildman–Crippen LogP) is 3.59. The van der Waals surface area contributed by atoms with Gasteiger partial charge in [0.15, 0.2) is 5.78 Å². The minimum Gasteiger partial charge on any atom is -0.369 e. The first-order chi connectivity index (χ1) is 8.08. The minimum atomic E-state index is 0.137. The summed E-state index contributed by atoms with van der Waals surface area (Å²) in [4.78, 5) is 14.0. The fourth-order valence-electron chi connectivity index (χ4n) is 2.10. The first kappa shape index (κ1) is 13.0. The van der Waals surface area contributed by atoms with Crippen LogP contribution in [0.5, 0.6) is 0 Å². The van der Waals surface area contributed by atoms with Crippen molar-refractivity contribution >= 4 is 39.2 Å². The molecule has 1 aliphatic rings. The van der Waals surface area contributed by atoms with E-state index in [0.29, 0.717) is 5.25 Å². The van der Waals surface area contributed by atoms with Gasteiger partial charge < -0.3 is 4.90 Å². The van der Waals surface area contributed by atoms with Crippen molar-refractivity contribution < 1.29 is 4.79 Å². The van der Waals surface area contributed by atoms with Crippen molar-refractivity contribution in [3.63, 3.8) is 0 Å². The third kappa shape index (κ3) is 3.05. The average Bonchev–Trinajstić information content (AvgIpc) is 2.28. The molecule has 0 N–H and O–H groups in total. The number of ketones is 1. The molecule has 1 saturated heterocycles. The molecule has 4 heteroatoms. The molecule has 0 bridgehead atoms. The number of benzene rings is 1. The molecule has 2 nitrogen and oxygen atoms in total. The average molecular weight is 314 g/mol. The predicted molar refractivity (Wildman–Crippen MR) is 78.3 cm³/mol. The van der Waals surface area contributed by atoms with Crippen molar-refractivity contribution in [1.29, 1.82) is 0 Å². The summed E-state index contributed by atoms with van der Waals surface area (Å²) in [6.45, 7) is 5.91. The molecule has 17 heavy (non-hydrogen) atoms. The van der Waals surface area contributed by atoms with Crippen LogP contribution in [0, 0.1) is 0 Å². The maximum Gasteiger partial charge on any atom is 0.161 e. The molecule has 92 valence electrons. The number of halogens is 1. The number of nitrogens with zero attached hydrogens (tertiary/aromatic N) is 1. The fraction of sp³-hybridized carbons (Fsp3) is 0.462. The van der Waals surface area contributed by atoms with E-state index in [2.05, 4.69) is 33.8 Å². The monoisotopic (exact) mass is 313 g/mol. The standard InChI is InChI=1S/C13H16BrNOS/c1-9-8-15(5-6-17-9)13-7-11(14)3-4-12(13)10(2)16/h3-4,7,9H,5-6,8H2,1-2H3. The highest BCUT2D eigenvalue weighted by atomic mass is 79.9. The Morgan fingerprint density at radius 2 is 2.29 bits per heavy atom. The lowest BCUT2D eigenvalue weighted by Gasteiger charge is -2.33. The van der Waals surface area contributed by atoms with E-state index in [1.54, 1.807) is 6.92 Å². The Bertz CT molecular complexity index is 435. The lowest BCUT2D eigenvalue weighted by atomic mass is 10.1. The molecule has 1 fully saturated rings. The summed E-state index contributed by atoms with van der Waals surface area (Å²) >= 11 is 5.48. The van der Waals surface area contributed by atoms with E-state index in [4.69, 9.17) is 0 Å². The van der Waals surface area contributed by atoms with Crippen molar-refractivity contribution in [2.45, 2.75) is 19.1 Å². The van der Waals surface area contributed by atoms with Crippen molar-refractivity contribution in [3.8, 4) is 0 Å². The number of hydrogen-bond donors (Lipinski definition) is 0. The van der Waals surface area contributed by atoms with Crippen LogP contribution in [-0.4, -0.2) is 29.9 Å². The number of hydrogen-bond acceptors (Lipinski definition) is 3. The van der Waals surface area contributed by atoms with Gasteiger partial charge in [-0.15, -0.1) is 0 Å². The summed E-state index contributed by atoms with van der Waals surface area (Å²) in [5.41, 5.74) is 1.89. The molecule has 0 saturated carbocycles. The highest BCUT2D eigenvalue weighted by Crippen LogP contribution is 2.29. The summed E-state index contributed by atoms with van der Waals surface area (Å²) < 4.78 is 1.03. The largest absolute Gasteiger partial charge is 0.369 e. The lowest BCUT2D eigenvalue weighted by Crippen LogP contribution is -2.37. The molecular formula is C13H16BrNOS. The van der Waals surface area contributed by atoms with Gasteiger partial charge in [0.1, 0.15) is 0 Å². The molecule has 1 heterocycles. The smallest absolute Gasteiger partial charge is 0.161 e. The number of Topliss-reactive ketones (excluding diaryl/α,β-unsaturated/α-hetero) is 1. The summed E-state index contributed by atoms with van der Waals surface area (Å²) in [6, 6.07) is 5.90. The topological polar surface area (TPSA) is 20.3 Å². The van der Waals surface area contributed by atoms with Crippen molar-refractivity contribution in [3.05, 3.63) is 28.2 Å². The normalized spacial score (nSPS) is 20.4. The van der Waals surface area contributed by atoms with Gasteiger partial charge >= 0.3 is 0 Å². The second-order valence-corrected chi connectivity index (χ2v) is 6.81. The molecule has 1 aromatic rings. The highest BCUT2D eigenvalue weighted by Gasteiger charge is 2.20. The van der Waals surface area contributed by atoms with Crippen LogP contribution < -0.4 is 4.90 Å². The van der Waals surface area contributed by atoms with Gasteiger partial charge in [0, 0.05) is 39.8 Å². The Labute approximate surface area is 115 Å². The van der Waals surface area contributed by atoms with E-state index < -0.39 is 0 Å². The van der Waals surface area contributed by atoms with Crippen LogP contribution in [0.2, 0.25) is 0 Å². The first-order valence-corrected chi connectivity index (χ1v) is 7.59. The van der Waals surface area contributed by atoms with E-state index in [1.807, 2.05) is 23.9 Å². The number of carbonyl (C=O) groups is 1. The van der Waals surface area contributed by atoms with Crippen LogP contribution >= 0.6 is 27.7 Å². The van der Waals surface area contributed by atoms with E-state index in [0.717, 1.165) is 34.6 Å². The van der Waals surface area contributed by atoms with Gasteiger partial charge in [0.05, 0.1) is 0 Å². The van der Waals surface area contributed by atoms with Crippen LogP contribution in [0.4, 0.5) is 5.69 Å². The van der Waals surface area contributed by atoms with Gasteiger partial charge in [0.2, 0.25) is 0 Å². The van der Waals surface area contributed by atoms with Gasteiger partial charge in [0.25, 0.3) is 0 Å². The molecule has 2 rings (SSSR count). The molecule has 0 aromatic heterocycles. The van der Waals surface area contributed by atoms with Crippen LogP contribution in [-0.2, 0) is 0 Å². The third-order valence-corrected chi connectivity index (χ3v) is 4.55. The Morgan fingerprint density at radius 1 is 1.53 bits per heavy atom. The molecule has 1 aromatic carbocycles. The second-order valence-electron chi connectivity index (χ2n) is 4.35. The SMILES string of the molecule is CC(=O)c1ccc(Br)cc1N1CCSC(C)C1. The second kappa shape index (κ2) is 5.44. The third-order valence-electron chi connectivity index (χ3n) is 2.92. The zero-order chi connectivity index (χ0) is 12.4. The number of rotatable bonds is 2. The van der Waals surface area contributed by atoms with Crippen LogP contribution in [0.1, 0.15) is 24.2 Å². The fourth-order valence-corrected chi connectivity index (χ4v) is 3.46. The van der Waals surface area contributed by atoms with Crippen molar-refractivity contribution in [2.24, 2.45) is 0 Å². The van der Waals surface area contributed by atoms with E-state index in [9.17, 15) is 4.79 Å². The molecule has 0 amide bonds. The summed E-state index contributed by atoms with van der Waals surface area (Å²) in [7, 11) is 0. The van der Waals surface area contributed by atoms with Crippen molar-refractivity contribution in [2.75, 3.05) is 23.7 Å². The van der Waals surface area contributed by atoms with Gasteiger partial charge in [-0.2, -0.15) is 11.8 Å². The Hall–Kier alpha value is -0.480. The summed E-state index contributed by atoms with van der Waals surface area (Å²) in [5, 5.41) is 0.627. The molecule has 1 atom stereocenters. The molecule has 0 radical (unpaired) electrons. The summed E-state index contributed by atoms with van der Waals surface area (Å²) in [5.74, 6) is 1.27. The lowest BCUT2D eigenvalue weighted by molar-refractivity contribution is 0.101. The maximum absolute atomic E-state index is 11.7. The maximum atomic E-state index is 11.7. The number of carbonyl (C=O) groups excluding carboxylic acids is 1. The van der Waals surface area contributed by atoms with Gasteiger partial charge in [-0.05, 0) is 25.1 Å². The number of anilines is 1. The van der Waals surface area contributed by atoms with E-state index in [-0.39, 0.29) is 5.78 Å². The quantitative estimate of drug-likeness (QED) is 0.778. The molecule has 0 spiro atoms. The van der Waals surface area contributed by atoms with Gasteiger partial charge in [-0.1, -0.05) is 22.9 Å². The highest BCUT2D eigenvalue weighted by molar-refractivity contribution is 9.10. The molecular weight excluding hydrogens is 298 g/mol. The first-order valence-electron chi connectivity index (χ1n) is 5.75. The van der Waals surface area contributed by atoms with Gasteiger partial charge in [-0.3, -0.25) is 4.79 Å². The van der Waals surface area contributed by atoms with Crippen LogP contribution in [0.15, 0.2) is 22.7 Å². The van der Waals surface area contributed by atoms with Crippen LogP contribution in [0.3, 0.4) is 0 Å². The summed E-state index contributed by atoms with van der Waals surface area (Å²) in [6.07, 6.45) is 0. The van der Waals surface area contributed by atoms with Crippen LogP contribution in [0.25, 0.3) is 0 Å². The number of thioether (sulfide) groups is 1. The zero-order valence-electron chi connectivity index (χ0n) is 10.1. The molecule has 1 aliphatic heterocycles. The minimum absolute atomic E-state index is 0.137. The Kier molecular flexibility index (Phi) is 4.15. The zero-order valence-corrected chi connectivity index (χ0v) is 12.5.